The van der Waals surface area contributed by atoms with Crippen molar-refractivity contribution in [3.8, 4) is 11.5 Å². The number of aliphatic imine (C=N–C) groups is 1. The summed E-state index contributed by atoms with van der Waals surface area (Å²) in [6, 6.07) is 5.30. The van der Waals surface area contributed by atoms with Crippen LogP contribution in [-0.2, 0) is 6.54 Å². The highest BCUT2D eigenvalue weighted by Gasteiger charge is 2.06. The number of nitrogens with one attached hydrogen (secondary N) is 1. The number of benzene rings is 1. The number of rotatable bonds is 6. The lowest BCUT2D eigenvalue weighted by Crippen LogP contribution is -2.32. The first kappa shape index (κ1) is 14.2. The highest BCUT2D eigenvalue weighted by molar-refractivity contribution is 5.77. The fraction of sp³-hybridized carbons (Fsp3) is 0.462. The summed E-state index contributed by atoms with van der Waals surface area (Å²) in [4.78, 5) is 4.17. The Morgan fingerprint density at radius 3 is 2.94 bits per heavy atom. The molecule has 100 valence electrons. The van der Waals surface area contributed by atoms with E-state index >= 15 is 0 Å². The van der Waals surface area contributed by atoms with Gasteiger partial charge < -0.3 is 20.9 Å². The number of nitrogens with two attached hydrogens (primary N) is 1. The molecular weight excluding hydrogens is 230 g/mol. The van der Waals surface area contributed by atoms with Crippen LogP contribution in [0.3, 0.4) is 0 Å². The van der Waals surface area contributed by atoms with Crippen molar-refractivity contribution in [2.24, 2.45) is 10.7 Å². The molecule has 0 unspecified atom stereocenters. The van der Waals surface area contributed by atoms with Gasteiger partial charge in [0, 0.05) is 12.1 Å². The van der Waals surface area contributed by atoms with Gasteiger partial charge in [-0.3, -0.25) is 0 Å². The molecular formula is C13H21N3O2. The summed E-state index contributed by atoms with van der Waals surface area (Å²) in [6.45, 7) is 3.26. The normalized spacial score (nSPS) is 11.3. The largest absolute Gasteiger partial charge is 0.504 e. The predicted octanol–water partition coefficient (Wildman–Crippen LogP) is 1.61. The minimum Gasteiger partial charge on any atom is -0.504 e. The number of phenolic OH excluding ortho intramolecular Hbond substituents is 1. The van der Waals surface area contributed by atoms with Crippen molar-refractivity contribution >= 4 is 5.96 Å². The number of guanidine groups is 1. The molecule has 0 aliphatic rings. The molecule has 0 spiro atoms. The van der Waals surface area contributed by atoms with Gasteiger partial charge in [0.2, 0.25) is 0 Å². The Morgan fingerprint density at radius 2 is 2.28 bits per heavy atom. The highest BCUT2D eigenvalue weighted by atomic mass is 16.5. The molecule has 0 aromatic heterocycles. The van der Waals surface area contributed by atoms with E-state index in [1.54, 1.807) is 12.1 Å². The first-order chi connectivity index (χ1) is 8.69. The van der Waals surface area contributed by atoms with Gasteiger partial charge in [-0.05, 0) is 12.5 Å². The van der Waals surface area contributed by atoms with Crippen molar-refractivity contribution in [1.82, 2.24) is 5.32 Å². The number of unbranched alkanes of at least 4 members (excludes halogenated alkanes) is 1. The Balaban J connectivity index is 2.59. The molecule has 0 saturated carbocycles. The van der Waals surface area contributed by atoms with E-state index in [2.05, 4.69) is 17.2 Å². The van der Waals surface area contributed by atoms with Crippen molar-refractivity contribution in [1.29, 1.82) is 0 Å². The molecule has 0 fully saturated rings. The second-order valence-electron chi connectivity index (χ2n) is 3.95. The van der Waals surface area contributed by atoms with Crippen molar-refractivity contribution in [2.75, 3.05) is 13.7 Å². The highest BCUT2D eigenvalue weighted by Crippen LogP contribution is 2.29. The number of phenols is 1. The average Bonchev–Trinajstić information content (AvgIpc) is 2.38. The maximum Gasteiger partial charge on any atom is 0.188 e. The molecule has 5 nitrogen and oxygen atoms in total. The molecule has 0 radical (unpaired) electrons. The van der Waals surface area contributed by atoms with E-state index in [-0.39, 0.29) is 5.75 Å². The molecule has 1 aromatic carbocycles. The summed E-state index contributed by atoms with van der Waals surface area (Å²) in [5.41, 5.74) is 6.40. The van der Waals surface area contributed by atoms with Gasteiger partial charge in [-0.25, -0.2) is 4.99 Å². The fourth-order valence-corrected chi connectivity index (χ4v) is 1.48. The van der Waals surface area contributed by atoms with Crippen LogP contribution in [0.2, 0.25) is 0 Å². The lowest BCUT2D eigenvalue weighted by Gasteiger charge is -2.08. The lowest BCUT2D eigenvalue weighted by atomic mass is 10.2. The van der Waals surface area contributed by atoms with Gasteiger partial charge in [-0.2, -0.15) is 0 Å². The van der Waals surface area contributed by atoms with Crippen molar-refractivity contribution in [3.63, 3.8) is 0 Å². The van der Waals surface area contributed by atoms with Gasteiger partial charge in [0.15, 0.2) is 17.5 Å². The molecule has 0 bridgehead atoms. The van der Waals surface area contributed by atoms with Crippen LogP contribution in [0, 0.1) is 0 Å². The minimum atomic E-state index is 0.116. The van der Waals surface area contributed by atoms with Crippen LogP contribution >= 0.6 is 0 Å². The number of methoxy groups -OCH3 is 1. The van der Waals surface area contributed by atoms with Gasteiger partial charge >= 0.3 is 0 Å². The van der Waals surface area contributed by atoms with Gasteiger partial charge in [0.25, 0.3) is 0 Å². The van der Waals surface area contributed by atoms with E-state index in [0.717, 1.165) is 19.4 Å². The van der Waals surface area contributed by atoms with E-state index in [9.17, 15) is 5.11 Å². The Hall–Kier alpha value is -1.91. The second-order valence-corrected chi connectivity index (χ2v) is 3.95. The third kappa shape index (κ3) is 4.16. The molecule has 1 aromatic rings. The van der Waals surface area contributed by atoms with Gasteiger partial charge in [0.05, 0.1) is 13.7 Å². The second kappa shape index (κ2) is 7.42. The molecule has 18 heavy (non-hydrogen) atoms. The molecule has 0 amide bonds. The third-order valence-electron chi connectivity index (χ3n) is 2.56. The summed E-state index contributed by atoms with van der Waals surface area (Å²) in [7, 11) is 1.52. The fourth-order valence-electron chi connectivity index (χ4n) is 1.48. The Labute approximate surface area is 108 Å². The van der Waals surface area contributed by atoms with Crippen LogP contribution in [0.5, 0.6) is 11.5 Å². The minimum absolute atomic E-state index is 0.116. The van der Waals surface area contributed by atoms with Gasteiger partial charge in [0.1, 0.15) is 0 Å². The van der Waals surface area contributed by atoms with Crippen LogP contribution in [0.4, 0.5) is 0 Å². The van der Waals surface area contributed by atoms with Gasteiger partial charge in [-0.15, -0.1) is 0 Å². The van der Waals surface area contributed by atoms with Crippen molar-refractivity contribution < 1.29 is 9.84 Å². The zero-order valence-electron chi connectivity index (χ0n) is 10.9. The first-order valence-corrected chi connectivity index (χ1v) is 6.07. The summed E-state index contributed by atoms with van der Waals surface area (Å²) in [6.07, 6.45) is 2.16. The molecule has 0 saturated heterocycles. The van der Waals surface area contributed by atoms with Crippen molar-refractivity contribution in [2.45, 2.75) is 26.3 Å². The van der Waals surface area contributed by atoms with E-state index < -0.39 is 0 Å². The summed E-state index contributed by atoms with van der Waals surface area (Å²) in [5.74, 6) is 0.955. The van der Waals surface area contributed by atoms with Crippen LogP contribution in [0.1, 0.15) is 25.3 Å². The van der Waals surface area contributed by atoms with Crippen LogP contribution in [0.25, 0.3) is 0 Å². The monoisotopic (exact) mass is 251 g/mol. The Bertz CT molecular complexity index is 405. The van der Waals surface area contributed by atoms with Gasteiger partial charge in [-0.1, -0.05) is 25.5 Å². The maximum absolute atomic E-state index is 9.86. The molecule has 1 rings (SSSR count). The maximum atomic E-state index is 9.86. The summed E-state index contributed by atoms with van der Waals surface area (Å²) < 4.78 is 5.03. The zero-order valence-corrected chi connectivity index (χ0v) is 10.9. The molecule has 0 aliphatic heterocycles. The number of nitrogens with zero attached hydrogens (tertiary/aromatic N) is 1. The number of para-hydroxylation sites is 1. The Morgan fingerprint density at radius 1 is 1.50 bits per heavy atom. The predicted molar refractivity (Wildman–Crippen MR) is 72.9 cm³/mol. The third-order valence-corrected chi connectivity index (χ3v) is 2.56. The summed E-state index contributed by atoms with van der Waals surface area (Å²) in [5, 5.41) is 12.9. The number of hydrogen-bond donors (Lipinski definition) is 3. The number of aromatic hydroxyl groups is 1. The lowest BCUT2D eigenvalue weighted by molar-refractivity contribution is 0.370. The Kier molecular flexibility index (Phi) is 5.84. The smallest absolute Gasteiger partial charge is 0.188 e. The molecule has 0 atom stereocenters. The number of hydrogen-bond acceptors (Lipinski definition) is 3. The van der Waals surface area contributed by atoms with Crippen LogP contribution in [0.15, 0.2) is 23.2 Å². The van der Waals surface area contributed by atoms with Crippen LogP contribution in [-0.4, -0.2) is 24.7 Å². The average molecular weight is 251 g/mol. The van der Waals surface area contributed by atoms with E-state index in [1.165, 1.54) is 7.11 Å². The topological polar surface area (TPSA) is 79.9 Å². The standard InChI is InChI=1S/C13H21N3O2/c1-3-4-8-15-13(14)16-9-10-6-5-7-11(18-2)12(10)17/h5-7,17H,3-4,8-9H2,1-2H3,(H3,14,15,16). The van der Waals surface area contributed by atoms with E-state index in [1.807, 2.05) is 6.07 Å². The molecule has 0 heterocycles. The number of ether oxygens (including phenoxy) is 1. The SMILES string of the molecule is CCCCNC(N)=NCc1cccc(OC)c1O. The van der Waals surface area contributed by atoms with E-state index in [0.29, 0.717) is 23.8 Å². The van der Waals surface area contributed by atoms with E-state index in [4.69, 9.17) is 10.5 Å². The molecule has 0 aliphatic carbocycles. The summed E-state index contributed by atoms with van der Waals surface area (Å²) >= 11 is 0. The molecule has 4 N–H and O–H groups in total. The quantitative estimate of drug-likeness (QED) is 0.407. The zero-order chi connectivity index (χ0) is 13.4. The first-order valence-electron chi connectivity index (χ1n) is 6.07. The molecule has 5 heteroatoms. The van der Waals surface area contributed by atoms with Crippen LogP contribution < -0.4 is 15.8 Å². The van der Waals surface area contributed by atoms with Crippen molar-refractivity contribution in [3.05, 3.63) is 23.8 Å².